The molecule has 2 N–H and O–H groups in total. The summed E-state index contributed by atoms with van der Waals surface area (Å²) in [5, 5.41) is 9.60. The highest BCUT2D eigenvalue weighted by molar-refractivity contribution is 8.03. The largest absolute Gasteiger partial charge is 0.511 e. The number of carbonyl (C=O) groups excluding carboxylic acids is 1. The molecule has 1 aromatic heterocycles. The lowest BCUT2D eigenvalue weighted by Crippen LogP contribution is -2.09. The number of nitrogens with zero attached hydrogens (tertiary/aromatic N) is 1. The van der Waals surface area contributed by atoms with Gasteiger partial charge in [0.05, 0.1) is 4.91 Å². The highest BCUT2D eigenvalue weighted by atomic mass is 32.2. The number of carbonyl (C=O) groups is 1. The quantitative estimate of drug-likeness (QED) is 0.362. The fraction of sp³-hybridized carbons (Fsp3) is 0.300. The molecule has 6 heteroatoms. The van der Waals surface area contributed by atoms with Crippen LogP contribution < -0.4 is 5.56 Å². The summed E-state index contributed by atoms with van der Waals surface area (Å²) >= 11 is 0.947. The molecule has 0 aliphatic heterocycles. The van der Waals surface area contributed by atoms with Gasteiger partial charge in [0.15, 0.2) is 10.9 Å². The minimum absolute atomic E-state index is 0.0818. The molecule has 0 fully saturated rings. The number of rotatable bonds is 3. The molecule has 0 aliphatic rings. The zero-order valence-corrected chi connectivity index (χ0v) is 10.0. The number of ketones is 1. The van der Waals surface area contributed by atoms with Gasteiger partial charge in [-0.3, -0.25) is 9.59 Å². The van der Waals surface area contributed by atoms with Crippen molar-refractivity contribution in [2.24, 2.45) is 0 Å². The van der Waals surface area contributed by atoms with Gasteiger partial charge in [0, 0.05) is 11.8 Å². The van der Waals surface area contributed by atoms with Crippen molar-refractivity contribution in [3.05, 3.63) is 32.8 Å². The van der Waals surface area contributed by atoms with Gasteiger partial charge in [-0.1, -0.05) is 0 Å². The van der Waals surface area contributed by atoms with Crippen molar-refractivity contribution in [3.63, 3.8) is 0 Å². The second-order valence-corrected chi connectivity index (χ2v) is 4.26. The predicted octanol–water partition coefficient (Wildman–Crippen LogP) is 1.55. The molecule has 0 amide bonds. The molecule has 0 unspecified atom stereocenters. The average molecular weight is 240 g/mol. The van der Waals surface area contributed by atoms with Crippen molar-refractivity contribution >= 4 is 17.5 Å². The van der Waals surface area contributed by atoms with Crippen LogP contribution in [0.15, 0.2) is 26.7 Å². The number of aliphatic hydroxyl groups excluding tert-OH is 1. The Bertz CT molecular complexity index is 501. The smallest absolute Gasteiger partial charge is 0.251 e. The van der Waals surface area contributed by atoms with E-state index in [4.69, 9.17) is 0 Å². The normalized spacial score (nSPS) is 12.2. The Morgan fingerprint density at radius 2 is 2.12 bits per heavy atom. The van der Waals surface area contributed by atoms with Crippen LogP contribution in [-0.4, -0.2) is 20.9 Å². The van der Waals surface area contributed by atoms with E-state index < -0.39 is 0 Å². The highest BCUT2D eigenvalue weighted by Gasteiger charge is 2.12. The molecule has 1 aromatic rings. The summed E-state index contributed by atoms with van der Waals surface area (Å²) < 4.78 is 0. The zero-order chi connectivity index (χ0) is 12.3. The fourth-order valence-electron chi connectivity index (χ4n) is 1.10. The van der Waals surface area contributed by atoms with Crippen molar-refractivity contribution in [2.45, 2.75) is 25.9 Å². The summed E-state index contributed by atoms with van der Waals surface area (Å²) in [5.74, 6) is -0.351. The van der Waals surface area contributed by atoms with Gasteiger partial charge in [-0.05, 0) is 32.5 Å². The van der Waals surface area contributed by atoms with Crippen molar-refractivity contribution in [1.82, 2.24) is 9.97 Å². The van der Waals surface area contributed by atoms with Gasteiger partial charge in [-0.25, -0.2) is 4.98 Å². The fourth-order valence-corrected chi connectivity index (χ4v) is 1.92. The van der Waals surface area contributed by atoms with Crippen LogP contribution in [0.4, 0.5) is 0 Å². The third kappa shape index (κ3) is 3.23. The van der Waals surface area contributed by atoms with Gasteiger partial charge in [0.2, 0.25) is 0 Å². The van der Waals surface area contributed by atoms with Crippen LogP contribution in [-0.2, 0) is 4.79 Å². The summed E-state index contributed by atoms with van der Waals surface area (Å²) in [6, 6.07) is 1.35. The second kappa shape index (κ2) is 4.98. The van der Waals surface area contributed by atoms with Gasteiger partial charge < -0.3 is 10.1 Å². The third-order valence-corrected chi connectivity index (χ3v) is 2.87. The number of aromatic amines is 1. The lowest BCUT2D eigenvalue weighted by atomic mass is 10.4. The molecule has 16 heavy (non-hydrogen) atoms. The average Bonchev–Trinajstić information content (AvgIpc) is 2.11. The maximum absolute atomic E-state index is 11.2. The number of aliphatic hydroxyl groups is 1. The Morgan fingerprint density at radius 3 is 2.56 bits per heavy atom. The molecule has 1 rings (SSSR count). The number of aromatic nitrogens is 2. The molecule has 5 nitrogen and oxygen atoms in total. The van der Waals surface area contributed by atoms with Crippen LogP contribution in [0.3, 0.4) is 0 Å². The minimum Gasteiger partial charge on any atom is -0.511 e. The maximum atomic E-state index is 11.2. The molecule has 0 aliphatic carbocycles. The number of Topliss-reactive ketones (excluding diaryl/α,β-unsaturated/α-hetero) is 1. The van der Waals surface area contributed by atoms with Crippen LogP contribution in [0.1, 0.15) is 19.5 Å². The number of hydrogen-bond acceptors (Lipinski definition) is 5. The van der Waals surface area contributed by atoms with E-state index in [1.165, 1.54) is 19.9 Å². The van der Waals surface area contributed by atoms with Gasteiger partial charge in [-0.15, -0.1) is 0 Å². The van der Waals surface area contributed by atoms with Crippen LogP contribution >= 0.6 is 11.8 Å². The third-order valence-electron chi connectivity index (χ3n) is 1.70. The number of allylic oxidation sites excluding steroid dienone is 2. The predicted molar refractivity (Wildman–Crippen MR) is 61.5 cm³/mol. The molecule has 0 saturated heterocycles. The van der Waals surface area contributed by atoms with E-state index >= 15 is 0 Å². The topological polar surface area (TPSA) is 83.0 Å². The Labute approximate surface area is 96.6 Å². The van der Waals surface area contributed by atoms with E-state index in [9.17, 15) is 14.7 Å². The molecule has 0 spiro atoms. The summed E-state index contributed by atoms with van der Waals surface area (Å²) in [7, 11) is 0. The van der Waals surface area contributed by atoms with Gasteiger partial charge in [-0.2, -0.15) is 0 Å². The van der Waals surface area contributed by atoms with Crippen LogP contribution in [0.2, 0.25) is 0 Å². The van der Waals surface area contributed by atoms with E-state index in [0.717, 1.165) is 11.8 Å². The van der Waals surface area contributed by atoms with Crippen LogP contribution in [0.25, 0.3) is 0 Å². The lowest BCUT2D eigenvalue weighted by molar-refractivity contribution is -0.113. The minimum atomic E-state index is -0.284. The molecule has 1 heterocycles. The second-order valence-electron chi connectivity index (χ2n) is 3.26. The first-order chi connectivity index (χ1) is 7.40. The first-order valence-corrected chi connectivity index (χ1v) is 5.38. The lowest BCUT2D eigenvalue weighted by Gasteiger charge is -2.04. The number of thioether (sulfide) groups is 1. The number of hydrogen-bond donors (Lipinski definition) is 2. The number of nitrogens with one attached hydrogen (secondary N) is 1. The highest BCUT2D eigenvalue weighted by Crippen LogP contribution is 2.25. The summed E-state index contributed by atoms with van der Waals surface area (Å²) in [5.41, 5.74) is 0.276. The van der Waals surface area contributed by atoms with E-state index in [-0.39, 0.29) is 22.0 Å². The Balaban J connectivity index is 3.09. The van der Waals surface area contributed by atoms with Gasteiger partial charge in [0.1, 0.15) is 5.76 Å². The number of aryl methyl sites for hydroxylation is 1. The SMILES string of the molecule is CC(=O)/C(Sc1nc(C)cc(=O)[nH]1)=C(\C)O. The Hall–Kier alpha value is -1.56. The standard InChI is InChI=1S/C10H12N2O3S/c1-5-4-8(15)12-10(11-5)16-9(6(2)13)7(3)14/h4,13H,1-3H3,(H,11,12,15)/b9-6-. The molecule has 86 valence electrons. The monoisotopic (exact) mass is 240 g/mol. The Kier molecular flexibility index (Phi) is 3.89. The molecule has 0 atom stereocenters. The van der Waals surface area contributed by atoms with E-state index in [1.54, 1.807) is 6.92 Å². The zero-order valence-electron chi connectivity index (χ0n) is 9.20. The molecule has 0 radical (unpaired) electrons. The van der Waals surface area contributed by atoms with Gasteiger partial charge >= 0.3 is 0 Å². The van der Waals surface area contributed by atoms with Crippen molar-refractivity contribution in [1.29, 1.82) is 0 Å². The van der Waals surface area contributed by atoms with E-state index in [0.29, 0.717) is 10.9 Å². The summed E-state index contributed by atoms with van der Waals surface area (Å²) in [4.78, 5) is 29.1. The van der Waals surface area contributed by atoms with Crippen LogP contribution in [0, 0.1) is 6.92 Å². The van der Waals surface area contributed by atoms with Crippen LogP contribution in [0.5, 0.6) is 0 Å². The van der Waals surface area contributed by atoms with Crippen molar-refractivity contribution < 1.29 is 9.90 Å². The summed E-state index contributed by atoms with van der Waals surface area (Å²) in [6.07, 6.45) is 0. The molecular weight excluding hydrogens is 228 g/mol. The number of H-pyrrole nitrogens is 1. The Morgan fingerprint density at radius 1 is 1.50 bits per heavy atom. The molecule has 0 bridgehead atoms. The van der Waals surface area contributed by atoms with Crippen molar-refractivity contribution in [2.75, 3.05) is 0 Å². The first kappa shape index (κ1) is 12.5. The van der Waals surface area contributed by atoms with E-state index in [2.05, 4.69) is 9.97 Å². The van der Waals surface area contributed by atoms with Crippen molar-refractivity contribution in [3.8, 4) is 0 Å². The maximum Gasteiger partial charge on any atom is 0.251 e. The first-order valence-electron chi connectivity index (χ1n) is 4.56. The molecule has 0 aromatic carbocycles. The van der Waals surface area contributed by atoms with E-state index in [1.807, 2.05) is 0 Å². The van der Waals surface area contributed by atoms with Gasteiger partial charge in [0.25, 0.3) is 5.56 Å². The summed E-state index contributed by atoms with van der Waals surface area (Å²) in [6.45, 7) is 4.44. The molecular formula is C10H12N2O3S. The molecule has 0 saturated carbocycles.